The molecule has 0 saturated heterocycles. The molecule has 0 unspecified atom stereocenters. The summed E-state index contributed by atoms with van der Waals surface area (Å²) in [4.78, 5) is 23.9. The molecular weight excluding hydrogens is 352 g/mol. The van der Waals surface area contributed by atoms with Crippen LogP contribution in [0.3, 0.4) is 0 Å². The minimum Gasteiger partial charge on any atom is -0.504 e. The maximum Gasteiger partial charge on any atom is 0.349 e. The Morgan fingerprint density at radius 3 is 2.15 bits per heavy atom. The van der Waals surface area contributed by atoms with Crippen LogP contribution >= 0.6 is 0 Å². The van der Waals surface area contributed by atoms with Gasteiger partial charge in [0.25, 0.3) is 0 Å². The molecule has 0 aromatic heterocycles. The zero-order chi connectivity index (χ0) is 20.0. The molecule has 0 atom stereocenters. The standard InChI is InChI=1S/C20H22O7/c1-4-20(2,3)19(24)27-14-10-8-13(9-11-14)26-17(22)12-25-16-7-5-6-15(21)18(16)23/h5-11,21,23H,4,12H2,1-3H3. The monoisotopic (exact) mass is 374 g/mol. The quantitative estimate of drug-likeness (QED) is 0.435. The number of para-hydroxylation sites is 1. The molecule has 2 aromatic carbocycles. The van der Waals surface area contributed by atoms with Crippen molar-refractivity contribution in [1.82, 2.24) is 0 Å². The summed E-state index contributed by atoms with van der Waals surface area (Å²) in [7, 11) is 0. The van der Waals surface area contributed by atoms with Gasteiger partial charge in [-0.1, -0.05) is 13.0 Å². The van der Waals surface area contributed by atoms with E-state index in [4.69, 9.17) is 14.2 Å². The van der Waals surface area contributed by atoms with Crippen LogP contribution in [-0.4, -0.2) is 28.8 Å². The minimum atomic E-state index is -0.699. The van der Waals surface area contributed by atoms with Gasteiger partial charge in [0.2, 0.25) is 5.75 Å². The number of esters is 2. The van der Waals surface area contributed by atoms with Crippen molar-refractivity contribution >= 4 is 11.9 Å². The Bertz CT molecular complexity index is 810. The lowest BCUT2D eigenvalue weighted by atomic mass is 9.91. The van der Waals surface area contributed by atoms with Crippen molar-refractivity contribution in [3.05, 3.63) is 42.5 Å². The van der Waals surface area contributed by atoms with Gasteiger partial charge in [-0.2, -0.15) is 0 Å². The molecule has 0 spiro atoms. The lowest BCUT2D eigenvalue weighted by molar-refractivity contribution is -0.144. The molecule has 0 aliphatic heterocycles. The number of benzene rings is 2. The Labute approximate surface area is 157 Å². The van der Waals surface area contributed by atoms with Crippen molar-refractivity contribution in [3.63, 3.8) is 0 Å². The second-order valence-corrected chi connectivity index (χ2v) is 6.48. The van der Waals surface area contributed by atoms with Gasteiger partial charge in [-0.3, -0.25) is 4.79 Å². The number of phenolic OH excluding ortho intramolecular Hbond substituents is 2. The first-order valence-corrected chi connectivity index (χ1v) is 8.39. The van der Waals surface area contributed by atoms with E-state index in [1.165, 1.54) is 42.5 Å². The van der Waals surface area contributed by atoms with Crippen molar-refractivity contribution < 1.29 is 34.0 Å². The van der Waals surface area contributed by atoms with Crippen molar-refractivity contribution in [2.45, 2.75) is 27.2 Å². The smallest absolute Gasteiger partial charge is 0.349 e. The number of aromatic hydroxyl groups is 2. The van der Waals surface area contributed by atoms with E-state index in [1.807, 2.05) is 6.92 Å². The van der Waals surface area contributed by atoms with Gasteiger partial charge in [-0.25, -0.2) is 4.79 Å². The Morgan fingerprint density at radius 1 is 0.963 bits per heavy atom. The SMILES string of the molecule is CCC(C)(C)C(=O)Oc1ccc(OC(=O)COc2cccc(O)c2O)cc1. The molecular formula is C20H22O7. The fourth-order valence-corrected chi connectivity index (χ4v) is 1.89. The largest absolute Gasteiger partial charge is 0.504 e. The number of carbonyl (C=O) groups is 2. The third kappa shape index (κ3) is 5.37. The fourth-order valence-electron chi connectivity index (χ4n) is 1.89. The number of rotatable bonds is 7. The van der Waals surface area contributed by atoms with Crippen LogP contribution in [0.2, 0.25) is 0 Å². The van der Waals surface area contributed by atoms with Gasteiger partial charge in [0.1, 0.15) is 11.5 Å². The average molecular weight is 374 g/mol. The molecule has 7 nitrogen and oxygen atoms in total. The molecule has 0 radical (unpaired) electrons. The molecule has 2 aromatic rings. The molecule has 0 aliphatic rings. The van der Waals surface area contributed by atoms with Gasteiger partial charge in [-0.05, 0) is 56.7 Å². The second kappa shape index (κ2) is 8.44. The van der Waals surface area contributed by atoms with E-state index in [0.29, 0.717) is 12.2 Å². The number of carbonyl (C=O) groups excluding carboxylic acids is 2. The summed E-state index contributed by atoms with van der Waals surface area (Å²) < 4.78 is 15.5. The third-order valence-electron chi connectivity index (χ3n) is 4.03. The first-order valence-electron chi connectivity index (χ1n) is 8.39. The highest BCUT2D eigenvalue weighted by molar-refractivity contribution is 5.78. The van der Waals surface area contributed by atoms with E-state index in [0.717, 1.165) is 0 Å². The molecule has 144 valence electrons. The number of phenols is 2. The van der Waals surface area contributed by atoms with Crippen LogP contribution in [0.15, 0.2) is 42.5 Å². The molecule has 7 heteroatoms. The van der Waals surface area contributed by atoms with E-state index in [-0.39, 0.29) is 23.2 Å². The van der Waals surface area contributed by atoms with E-state index in [1.54, 1.807) is 13.8 Å². The van der Waals surface area contributed by atoms with Crippen LogP contribution in [0.5, 0.6) is 28.7 Å². The summed E-state index contributed by atoms with van der Waals surface area (Å²) >= 11 is 0. The van der Waals surface area contributed by atoms with Gasteiger partial charge < -0.3 is 24.4 Å². The normalized spacial score (nSPS) is 10.9. The first kappa shape index (κ1) is 20.1. The lowest BCUT2D eigenvalue weighted by Gasteiger charge is -2.20. The summed E-state index contributed by atoms with van der Waals surface area (Å²) in [6.45, 7) is 5.05. The molecule has 0 amide bonds. The predicted octanol–water partition coefficient (Wildman–Crippen LogP) is 3.42. The van der Waals surface area contributed by atoms with Crippen molar-refractivity contribution in [2.24, 2.45) is 5.41 Å². The topological polar surface area (TPSA) is 102 Å². The van der Waals surface area contributed by atoms with E-state index < -0.39 is 23.7 Å². The number of hydrogen-bond acceptors (Lipinski definition) is 7. The zero-order valence-corrected chi connectivity index (χ0v) is 15.4. The summed E-state index contributed by atoms with van der Waals surface area (Å²) in [5.74, 6) is -1.28. The highest BCUT2D eigenvalue weighted by Crippen LogP contribution is 2.34. The molecule has 0 fully saturated rings. The van der Waals surface area contributed by atoms with Crippen LogP contribution in [0.1, 0.15) is 27.2 Å². The van der Waals surface area contributed by atoms with Crippen molar-refractivity contribution in [3.8, 4) is 28.7 Å². The molecule has 2 N–H and O–H groups in total. The molecule has 0 aliphatic carbocycles. The van der Waals surface area contributed by atoms with Gasteiger partial charge in [0, 0.05) is 0 Å². The van der Waals surface area contributed by atoms with Crippen LogP contribution < -0.4 is 14.2 Å². The van der Waals surface area contributed by atoms with E-state index in [2.05, 4.69) is 0 Å². The van der Waals surface area contributed by atoms with Gasteiger partial charge >= 0.3 is 11.9 Å². The number of hydrogen-bond donors (Lipinski definition) is 2. The van der Waals surface area contributed by atoms with Crippen molar-refractivity contribution in [1.29, 1.82) is 0 Å². The minimum absolute atomic E-state index is 0.0345. The summed E-state index contributed by atoms with van der Waals surface area (Å²) in [5, 5.41) is 19.0. The van der Waals surface area contributed by atoms with Gasteiger partial charge in [-0.15, -0.1) is 0 Å². The maximum absolute atomic E-state index is 12.0. The first-order chi connectivity index (χ1) is 12.7. The van der Waals surface area contributed by atoms with Crippen LogP contribution in [-0.2, 0) is 9.59 Å². The lowest BCUT2D eigenvalue weighted by Crippen LogP contribution is -2.28. The fraction of sp³-hybridized carbons (Fsp3) is 0.300. The Kier molecular flexibility index (Phi) is 6.28. The number of ether oxygens (including phenoxy) is 3. The molecule has 27 heavy (non-hydrogen) atoms. The molecule has 0 bridgehead atoms. The summed E-state index contributed by atoms with van der Waals surface area (Å²) in [5.41, 5.74) is -0.583. The second-order valence-electron chi connectivity index (χ2n) is 6.48. The highest BCUT2D eigenvalue weighted by atomic mass is 16.6. The van der Waals surface area contributed by atoms with E-state index >= 15 is 0 Å². The molecule has 0 heterocycles. The Morgan fingerprint density at radius 2 is 1.56 bits per heavy atom. The molecule has 0 saturated carbocycles. The zero-order valence-electron chi connectivity index (χ0n) is 15.4. The van der Waals surface area contributed by atoms with Crippen LogP contribution in [0.4, 0.5) is 0 Å². The van der Waals surface area contributed by atoms with Gasteiger partial charge in [0.05, 0.1) is 5.41 Å². The maximum atomic E-state index is 12.0. The highest BCUT2D eigenvalue weighted by Gasteiger charge is 2.27. The van der Waals surface area contributed by atoms with Crippen molar-refractivity contribution in [2.75, 3.05) is 6.61 Å². The molecule has 2 rings (SSSR count). The Hall–Kier alpha value is -3.22. The average Bonchev–Trinajstić information content (AvgIpc) is 2.64. The van der Waals surface area contributed by atoms with Crippen LogP contribution in [0.25, 0.3) is 0 Å². The predicted molar refractivity (Wildman–Crippen MR) is 97.1 cm³/mol. The summed E-state index contributed by atoms with van der Waals surface area (Å²) in [6.07, 6.45) is 0.649. The summed E-state index contributed by atoms with van der Waals surface area (Å²) in [6, 6.07) is 10.2. The third-order valence-corrected chi connectivity index (χ3v) is 4.03. The van der Waals surface area contributed by atoms with E-state index in [9.17, 15) is 19.8 Å². The van der Waals surface area contributed by atoms with Crippen LogP contribution in [0, 0.1) is 5.41 Å². The Balaban J connectivity index is 1.89. The van der Waals surface area contributed by atoms with Gasteiger partial charge in [0.15, 0.2) is 18.1 Å².